The Morgan fingerprint density at radius 3 is 1.57 bits per heavy atom. The van der Waals surface area contributed by atoms with Crippen LogP contribution in [0.25, 0.3) is 21.8 Å². The van der Waals surface area contributed by atoms with Crippen molar-refractivity contribution in [3.63, 3.8) is 0 Å². The van der Waals surface area contributed by atoms with Crippen molar-refractivity contribution in [3.8, 4) is 6.07 Å². The number of anilines is 6. The molecule has 2 fully saturated rings. The van der Waals surface area contributed by atoms with Crippen LogP contribution in [0.2, 0.25) is 0 Å². The van der Waals surface area contributed by atoms with Crippen molar-refractivity contribution in [2.45, 2.75) is 43.9 Å². The summed E-state index contributed by atoms with van der Waals surface area (Å²) in [6.07, 6.45) is 2.48. The number of aromatic nitrogens is 6. The maximum Gasteiger partial charge on any atom is 0.416 e. The van der Waals surface area contributed by atoms with Gasteiger partial charge in [-0.3, -0.25) is 9.59 Å². The van der Waals surface area contributed by atoms with Gasteiger partial charge in [0.25, 0.3) is 11.1 Å². The van der Waals surface area contributed by atoms with Gasteiger partial charge in [-0.15, -0.1) is 0 Å². The van der Waals surface area contributed by atoms with Gasteiger partial charge in [-0.2, -0.15) is 18.4 Å². The molecule has 0 unspecified atom stereocenters. The monoisotopic (exact) mass is 765 g/mol. The molecule has 0 amide bonds. The Labute approximate surface area is 317 Å². The van der Waals surface area contributed by atoms with E-state index in [0.717, 1.165) is 69.7 Å². The Hall–Kier alpha value is -6.58. The van der Waals surface area contributed by atoms with Crippen LogP contribution in [-0.4, -0.2) is 68.2 Å². The lowest BCUT2D eigenvalue weighted by Gasteiger charge is -2.24. The van der Waals surface area contributed by atoms with Crippen molar-refractivity contribution in [3.05, 3.63) is 105 Å². The molecule has 288 valence electrons. The number of rotatable bonds is 8. The highest BCUT2D eigenvalue weighted by molar-refractivity contribution is 5.93. The van der Waals surface area contributed by atoms with Crippen molar-refractivity contribution in [2.75, 3.05) is 47.4 Å². The van der Waals surface area contributed by atoms with Gasteiger partial charge in [-0.25, -0.2) is 19.9 Å². The molecule has 4 aromatic heterocycles. The number of nitrogens with one attached hydrogen (secondary N) is 8. The molecule has 0 bridgehead atoms. The van der Waals surface area contributed by atoms with Gasteiger partial charge in [0, 0.05) is 48.7 Å². The highest BCUT2D eigenvalue weighted by atomic mass is 19.4. The molecule has 8 rings (SSSR count). The van der Waals surface area contributed by atoms with Gasteiger partial charge in [-0.05, 0) is 87.3 Å². The second kappa shape index (κ2) is 16.8. The lowest BCUT2D eigenvalue weighted by Crippen LogP contribution is -2.38. The number of hydrogen-bond acceptors (Lipinski definition) is 13. The smallest absolute Gasteiger partial charge is 0.366 e. The lowest BCUT2D eigenvalue weighted by atomic mass is 10.1. The molecule has 56 heavy (non-hydrogen) atoms. The molecule has 2 atom stereocenters. The summed E-state index contributed by atoms with van der Waals surface area (Å²) in [4.78, 5) is 47.4. The normalized spacial score (nSPS) is 17.0. The Morgan fingerprint density at radius 1 is 0.696 bits per heavy atom. The Morgan fingerprint density at radius 2 is 1.16 bits per heavy atom. The van der Waals surface area contributed by atoms with Crippen LogP contribution in [-0.2, 0) is 6.18 Å². The number of alkyl halides is 3. The molecule has 0 spiro atoms. The second-order valence-electron chi connectivity index (χ2n) is 13.4. The van der Waals surface area contributed by atoms with Gasteiger partial charge in [0.15, 0.2) is 0 Å². The maximum atomic E-state index is 12.8. The fourth-order valence-corrected chi connectivity index (χ4v) is 6.52. The molecule has 0 aliphatic carbocycles. The van der Waals surface area contributed by atoms with Crippen molar-refractivity contribution < 1.29 is 13.2 Å². The molecule has 0 radical (unpaired) electrons. The van der Waals surface area contributed by atoms with Crippen molar-refractivity contribution in [1.82, 2.24) is 40.5 Å². The van der Waals surface area contributed by atoms with Crippen molar-refractivity contribution in [1.29, 1.82) is 5.26 Å². The highest BCUT2D eigenvalue weighted by Gasteiger charge is 2.30. The number of hydrogen-bond donors (Lipinski definition) is 8. The van der Waals surface area contributed by atoms with Crippen LogP contribution in [0.15, 0.2) is 82.9 Å². The fourth-order valence-electron chi connectivity index (χ4n) is 6.52. The minimum absolute atomic E-state index is 0.189. The van der Waals surface area contributed by atoms with E-state index >= 15 is 0 Å². The van der Waals surface area contributed by atoms with Gasteiger partial charge in [0.05, 0.1) is 40.9 Å². The van der Waals surface area contributed by atoms with Gasteiger partial charge in [-0.1, -0.05) is 0 Å². The first-order valence-electron chi connectivity index (χ1n) is 18.1. The maximum absolute atomic E-state index is 12.8. The van der Waals surface area contributed by atoms with E-state index in [1.54, 1.807) is 36.4 Å². The first kappa shape index (κ1) is 37.7. The Kier molecular flexibility index (Phi) is 11.3. The fraction of sp³-hybridized carbons (Fsp3) is 0.289. The van der Waals surface area contributed by atoms with Crippen LogP contribution in [0.5, 0.6) is 0 Å². The first-order valence-corrected chi connectivity index (χ1v) is 18.1. The van der Waals surface area contributed by atoms with Gasteiger partial charge >= 0.3 is 6.18 Å². The quantitative estimate of drug-likeness (QED) is 0.0984. The van der Waals surface area contributed by atoms with Crippen LogP contribution in [0.4, 0.5) is 47.8 Å². The number of fused-ring (bicyclic) bond motifs is 2. The Bertz CT molecular complexity index is 2450. The predicted molar refractivity (Wildman–Crippen MR) is 209 cm³/mol. The zero-order chi connectivity index (χ0) is 39.1. The van der Waals surface area contributed by atoms with E-state index in [9.17, 15) is 22.8 Å². The summed E-state index contributed by atoms with van der Waals surface area (Å²) in [6, 6.07) is 17.6. The number of aromatic amines is 2. The van der Waals surface area contributed by atoms with Crippen LogP contribution >= 0.6 is 0 Å². The summed E-state index contributed by atoms with van der Waals surface area (Å²) in [5.74, 6) is 1.87. The number of pyridine rings is 2. The van der Waals surface area contributed by atoms with E-state index in [4.69, 9.17) is 5.26 Å². The Balaban J connectivity index is 0.000000172. The summed E-state index contributed by atoms with van der Waals surface area (Å²) < 4.78 is 38.3. The molecule has 2 aliphatic rings. The van der Waals surface area contributed by atoms with E-state index in [1.807, 2.05) is 0 Å². The number of piperidine rings is 2. The SMILES string of the molecule is N#Cc1ccc(Nc2nc(N[C@@H]3CCCNC3)cc3nc[nH]c(=O)c23)cc1.O=c1[nH]cnc2cc(N[C@@H]3CCCNC3)nc(Nc3ccc(C(F)(F)F)cc3)c12. The molecular weight excluding hydrogens is 728 g/mol. The number of nitrogens with zero attached hydrogens (tertiary/aromatic N) is 5. The van der Waals surface area contributed by atoms with Gasteiger partial charge < -0.3 is 41.9 Å². The predicted octanol–water partition coefficient (Wildman–Crippen LogP) is 5.34. The van der Waals surface area contributed by atoms with Gasteiger partial charge in [0.2, 0.25) is 0 Å². The van der Waals surface area contributed by atoms with E-state index in [0.29, 0.717) is 45.1 Å². The largest absolute Gasteiger partial charge is 0.416 e. The minimum atomic E-state index is -4.41. The van der Waals surface area contributed by atoms with Crippen LogP contribution < -0.4 is 43.0 Å². The zero-order valence-electron chi connectivity index (χ0n) is 29.9. The number of benzene rings is 2. The summed E-state index contributed by atoms with van der Waals surface area (Å²) in [5, 5.41) is 29.1. The standard InChI is InChI=1S/C19H19F3N6O.C19H19N7O/c20-19(21,22)11-3-5-12(6-4-11)27-17-16-14(24-10-25-18(16)29)8-15(28-17)26-13-2-1-7-23-9-13;20-9-12-3-5-13(6-4-12)25-18-17-15(22-11-23-19(17)27)8-16(26-18)24-14-2-1-7-21-10-14/h3-6,8,10,13,23H,1-2,7,9H2,(H,24,25,29)(H2,26,27,28);3-6,8,11,14,21H,1-2,7,10H2,(H,22,23,27)(H2,24,25,26)/t13-;14-/m11/s1. The average molecular weight is 766 g/mol. The minimum Gasteiger partial charge on any atom is -0.366 e. The van der Waals surface area contributed by atoms with Crippen LogP contribution in [0.1, 0.15) is 36.8 Å². The molecule has 2 aliphatic heterocycles. The number of nitriles is 1. The van der Waals surface area contributed by atoms with E-state index in [-0.39, 0.29) is 34.4 Å². The molecule has 0 saturated carbocycles. The zero-order valence-corrected chi connectivity index (χ0v) is 29.9. The first-order chi connectivity index (χ1) is 27.1. The molecule has 6 heterocycles. The van der Waals surface area contributed by atoms with E-state index in [1.165, 1.54) is 24.8 Å². The van der Waals surface area contributed by atoms with Crippen LogP contribution in [0, 0.1) is 11.3 Å². The average Bonchev–Trinajstić information content (AvgIpc) is 3.19. The summed E-state index contributed by atoms with van der Waals surface area (Å²) in [5.41, 5.74) is 1.30. The van der Waals surface area contributed by atoms with E-state index in [2.05, 4.69) is 67.9 Å². The molecular formula is C38H38F3N13O2. The van der Waals surface area contributed by atoms with E-state index < -0.39 is 11.7 Å². The summed E-state index contributed by atoms with van der Waals surface area (Å²) >= 11 is 0. The van der Waals surface area contributed by atoms with Crippen molar-refractivity contribution in [2.24, 2.45) is 0 Å². The number of halogens is 3. The molecule has 18 heteroatoms. The lowest BCUT2D eigenvalue weighted by molar-refractivity contribution is -0.137. The topological polar surface area (TPSA) is 213 Å². The third kappa shape index (κ3) is 9.19. The molecule has 6 aromatic rings. The third-order valence-electron chi connectivity index (χ3n) is 9.30. The molecule has 15 nitrogen and oxygen atoms in total. The summed E-state index contributed by atoms with van der Waals surface area (Å²) in [7, 11) is 0. The summed E-state index contributed by atoms with van der Waals surface area (Å²) in [6.45, 7) is 3.68. The van der Waals surface area contributed by atoms with Crippen LogP contribution in [0.3, 0.4) is 0 Å². The second-order valence-corrected chi connectivity index (χ2v) is 13.4. The molecule has 2 saturated heterocycles. The third-order valence-corrected chi connectivity index (χ3v) is 9.30. The molecule has 2 aromatic carbocycles. The van der Waals surface area contributed by atoms with Gasteiger partial charge in [0.1, 0.15) is 34.0 Å². The molecule has 8 N–H and O–H groups in total. The van der Waals surface area contributed by atoms with Crippen molar-refractivity contribution >= 4 is 56.5 Å². The number of H-pyrrole nitrogens is 2. The highest BCUT2D eigenvalue weighted by Crippen LogP contribution is 2.31.